The van der Waals surface area contributed by atoms with Gasteiger partial charge in [0, 0.05) is 38.2 Å². The number of likely N-dealkylation sites (tertiary alicyclic amines) is 1. The number of halogens is 3. The summed E-state index contributed by atoms with van der Waals surface area (Å²) in [6, 6.07) is 15.0. The summed E-state index contributed by atoms with van der Waals surface area (Å²) in [5.41, 5.74) is -1.47. The fourth-order valence-corrected chi connectivity index (χ4v) is 6.00. The van der Waals surface area contributed by atoms with Crippen LogP contribution >= 0.6 is 0 Å². The number of methoxy groups -OCH3 is 1. The second-order valence-corrected chi connectivity index (χ2v) is 9.72. The fourth-order valence-electron chi connectivity index (χ4n) is 6.00. The molecule has 0 aromatic heterocycles. The quantitative estimate of drug-likeness (QED) is 0.647. The van der Waals surface area contributed by atoms with Crippen molar-refractivity contribution < 1.29 is 27.8 Å². The number of carbonyl (C=O) groups is 1. The van der Waals surface area contributed by atoms with Crippen molar-refractivity contribution in [2.45, 2.75) is 50.0 Å². The van der Waals surface area contributed by atoms with Crippen LogP contribution in [-0.2, 0) is 15.1 Å². The molecule has 35 heavy (non-hydrogen) atoms. The minimum absolute atomic E-state index is 0.100. The molecule has 0 unspecified atom stereocenters. The zero-order valence-corrected chi connectivity index (χ0v) is 20.1. The first kappa shape index (κ1) is 25.7. The smallest absolute Gasteiger partial charge is 0.389 e. The van der Waals surface area contributed by atoms with Gasteiger partial charge < -0.3 is 20.1 Å². The third-order valence-corrected chi connectivity index (χ3v) is 7.94. The van der Waals surface area contributed by atoms with Gasteiger partial charge >= 0.3 is 6.18 Å². The van der Waals surface area contributed by atoms with Crippen LogP contribution in [0.25, 0.3) is 0 Å². The lowest BCUT2D eigenvalue weighted by Crippen LogP contribution is -2.59. The molecule has 2 aliphatic heterocycles. The average Bonchev–Trinajstić information content (AvgIpc) is 2.85. The summed E-state index contributed by atoms with van der Waals surface area (Å²) in [6.45, 7) is 3.73. The summed E-state index contributed by atoms with van der Waals surface area (Å²) in [5, 5.41) is 13.8. The van der Waals surface area contributed by atoms with Crippen LogP contribution in [0.5, 0.6) is 0 Å². The topological polar surface area (TPSA) is 61.8 Å². The number of nitrogens with one attached hydrogen (secondary N) is 1. The van der Waals surface area contributed by atoms with E-state index in [1.165, 1.54) is 29.2 Å². The number of carbonyl (C=O) groups excluding carboxylic acids is 1. The predicted octanol–water partition coefficient (Wildman–Crippen LogP) is 4.53. The van der Waals surface area contributed by atoms with E-state index in [4.69, 9.17) is 4.74 Å². The van der Waals surface area contributed by atoms with Gasteiger partial charge in [-0.3, -0.25) is 4.79 Å². The molecule has 8 heteroatoms. The van der Waals surface area contributed by atoms with Crippen molar-refractivity contribution in [2.24, 2.45) is 5.41 Å². The van der Waals surface area contributed by atoms with Crippen molar-refractivity contribution in [3.63, 3.8) is 0 Å². The van der Waals surface area contributed by atoms with E-state index < -0.39 is 23.8 Å². The van der Waals surface area contributed by atoms with Gasteiger partial charge in [0.05, 0.1) is 6.10 Å². The molecule has 1 spiro atoms. The zero-order chi connectivity index (χ0) is 25.3. The van der Waals surface area contributed by atoms with Crippen LogP contribution in [-0.4, -0.2) is 55.4 Å². The van der Waals surface area contributed by atoms with Crippen LogP contribution in [0.15, 0.2) is 54.6 Å². The minimum atomic E-state index is -4.91. The van der Waals surface area contributed by atoms with Gasteiger partial charge in [0.1, 0.15) is 0 Å². The number of aliphatic hydroxyl groups is 1. The van der Waals surface area contributed by atoms with Crippen LogP contribution in [0.1, 0.15) is 54.9 Å². The molecule has 2 heterocycles. The summed E-state index contributed by atoms with van der Waals surface area (Å²) >= 11 is 0. The van der Waals surface area contributed by atoms with Crippen LogP contribution in [0.3, 0.4) is 0 Å². The Kier molecular flexibility index (Phi) is 7.27. The Balaban J connectivity index is 1.62. The van der Waals surface area contributed by atoms with Crippen LogP contribution in [0.2, 0.25) is 0 Å². The molecule has 3 atom stereocenters. The van der Waals surface area contributed by atoms with Crippen molar-refractivity contribution in [2.75, 3.05) is 33.3 Å². The third kappa shape index (κ3) is 4.47. The van der Waals surface area contributed by atoms with Gasteiger partial charge in [-0.1, -0.05) is 54.6 Å². The molecule has 2 fully saturated rings. The van der Waals surface area contributed by atoms with Gasteiger partial charge in [-0.25, -0.2) is 0 Å². The number of benzene rings is 2. The van der Waals surface area contributed by atoms with E-state index in [1.807, 2.05) is 24.3 Å². The highest BCUT2D eigenvalue weighted by molar-refractivity contribution is 5.88. The largest absolute Gasteiger partial charge is 0.430 e. The van der Waals surface area contributed by atoms with Crippen LogP contribution < -0.4 is 5.32 Å². The van der Waals surface area contributed by atoms with E-state index in [9.17, 15) is 23.1 Å². The number of rotatable bonds is 5. The number of amides is 1. The van der Waals surface area contributed by atoms with Crippen LogP contribution in [0, 0.1) is 5.41 Å². The molecule has 0 bridgehead atoms. The number of ether oxygens (including phenoxy) is 1. The zero-order valence-electron chi connectivity index (χ0n) is 20.1. The molecule has 0 saturated carbocycles. The molecule has 0 radical (unpaired) electrons. The Morgan fingerprint density at radius 3 is 2.31 bits per heavy atom. The molecule has 2 aromatic carbocycles. The Hall–Kier alpha value is -2.42. The summed E-state index contributed by atoms with van der Waals surface area (Å²) in [7, 11) is 0.944. The van der Waals surface area contributed by atoms with E-state index in [-0.39, 0.29) is 30.0 Å². The molecule has 190 valence electrons. The average molecular weight is 491 g/mol. The van der Waals surface area contributed by atoms with Crippen molar-refractivity contribution in [1.82, 2.24) is 10.2 Å². The molecular weight excluding hydrogens is 457 g/mol. The highest BCUT2D eigenvalue weighted by atomic mass is 19.4. The lowest BCUT2D eigenvalue weighted by molar-refractivity contribution is -0.271. The summed E-state index contributed by atoms with van der Waals surface area (Å²) < 4.78 is 48.3. The molecular formula is C27H33F3N2O3. The monoisotopic (exact) mass is 490 g/mol. The van der Waals surface area contributed by atoms with Gasteiger partial charge in [0.25, 0.3) is 11.5 Å². The predicted molar refractivity (Wildman–Crippen MR) is 127 cm³/mol. The first-order chi connectivity index (χ1) is 16.7. The second kappa shape index (κ2) is 9.91. The number of piperidine rings is 2. The van der Waals surface area contributed by atoms with Gasteiger partial charge in [0.2, 0.25) is 0 Å². The molecule has 2 N–H and O–H groups in total. The lowest BCUT2D eigenvalue weighted by Gasteiger charge is -2.51. The van der Waals surface area contributed by atoms with Gasteiger partial charge in [-0.15, -0.1) is 0 Å². The highest BCUT2D eigenvalue weighted by Crippen LogP contribution is 2.51. The van der Waals surface area contributed by atoms with E-state index >= 15 is 0 Å². The maximum absolute atomic E-state index is 14.4. The Morgan fingerprint density at radius 2 is 1.71 bits per heavy atom. The summed E-state index contributed by atoms with van der Waals surface area (Å²) in [5.74, 6) is -0.966. The standard InChI is InChI=1S/C27H33F3N2O3/c1-19(33)21-10-6-7-11-22(21)23-18-31-15-12-25(23)13-16-32(17-14-25)24(34)26(35-2,27(28,29)30)20-8-4-3-5-9-20/h3-11,19,23,31,33H,12-18H2,1-2H3/t19-,23+,26-/m1/s1. The van der Waals surface area contributed by atoms with E-state index in [0.29, 0.717) is 12.8 Å². The van der Waals surface area contributed by atoms with E-state index in [0.717, 1.165) is 37.7 Å². The number of alkyl halides is 3. The summed E-state index contributed by atoms with van der Waals surface area (Å²) in [4.78, 5) is 14.8. The molecule has 1 amide bonds. The van der Waals surface area contributed by atoms with Crippen molar-refractivity contribution >= 4 is 5.91 Å². The Bertz CT molecular complexity index is 1020. The second-order valence-electron chi connectivity index (χ2n) is 9.72. The molecule has 2 aromatic rings. The third-order valence-electron chi connectivity index (χ3n) is 7.94. The van der Waals surface area contributed by atoms with Crippen molar-refractivity contribution in [3.05, 3.63) is 71.3 Å². The Morgan fingerprint density at radius 1 is 1.09 bits per heavy atom. The number of hydrogen-bond donors (Lipinski definition) is 2. The molecule has 0 aliphatic carbocycles. The maximum Gasteiger partial charge on any atom is 0.430 e. The molecule has 2 saturated heterocycles. The van der Waals surface area contributed by atoms with E-state index in [1.54, 1.807) is 13.0 Å². The first-order valence-corrected chi connectivity index (χ1v) is 12.1. The van der Waals surface area contributed by atoms with Crippen molar-refractivity contribution in [1.29, 1.82) is 0 Å². The lowest BCUT2D eigenvalue weighted by atomic mass is 9.62. The van der Waals surface area contributed by atoms with Crippen LogP contribution in [0.4, 0.5) is 13.2 Å². The normalized spacial score (nSPS) is 23.0. The van der Waals surface area contributed by atoms with Crippen molar-refractivity contribution in [3.8, 4) is 0 Å². The Labute approximate surface area is 204 Å². The molecule has 5 nitrogen and oxygen atoms in total. The van der Waals surface area contributed by atoms with Gasteiger partial charge in [0.15, 0.2) is 0 Å². The van der Waals surface area contributed by atoms with Gasteiger partial charge in [-0.05, 0) is 49.3 Å². The maximum atomic E-state index is 14.4. The first-order valence-electron chi connectivity index (χ1n) is 12.1. The minimum Gasteiger partial charge on any atom is -0.389 e. The number of nitrogens with zero attached hydrogens (tertiary/aromatic N) is 1. The van der Waals surface area contributed by atoms with Gasteiger partial charge in [-0.2, -0.15) is 13.2 Å². The SMILES string of the molecule is CO[C@@](C(=O)N1CCC2(CCNC[C@H]2c2ccccc2[C@@H](C)O)CC1)(c1ccccc1)C(F)(F)F. The number of hydrogen-bond acceptors (Lipinski definition) is 4. The van der Waals surface area contributed by atoms with E-state index in [2.05, 4.69) is 5.32 Å². The highest BCUT2D eigenvalue weighted by Gasteiger charge is 2.64. The fraction of sp³-hybridized carbons (Fsp3) is 0.519. The number of aliphatic hydroxyl groups excluding tert-OH is 1. The molecule has 2 aliphatic rings. The summed E-state index contributed by atoms with van der Waals surface area (Å²) in [6.07, 6.45) is -3.49. The molecule has 4 rings (SSSR count).